The fourth-order valence-electron chi connectivity index (χ4n) is 2.68. The van der Waals surface area contributed by atoms with Crippen LogP contribution >= 0.6 is 11.6 Å². The molecule has 1 aliphatic carbocycles. The van der Waals surface area contributed by atoms with Gasteiger partial charge in [-0.05, 0) is 23.8 Å². The summed E-state index contributed by atoms with van der Waals surface area (Å²) in [7, 11) is 0. The predicted octanol–water partition coefficient (Wildman–Crippen LogP) is 3.23. The van der Waals surface area contributed by atoms with Crippen LogP contribution in [0.5, 0.6) is 0 Å². The van der Waals surface area contributed by atoms with E-state index in [1.807, 2.05) is 6.07 Å². The Hall–Kier alpha value is -2.49. The van der Waals surface area contributed by atoms with E-state index >= 15 is 0 Å². The lowest BCUT2D eigenvalue weighted by Crippen LogP contribution is -2.34. The highest BCUT2D eigenvalue weighted by molar-refractivity contribution is 6.30. The summed E-state index contributed by atoms with van der Waals surface area (Å²) in [6, 6.07) is 7.69. The molecule has 3 rings (SSSR count). The minimum atomic E-state index is -3.08. The zero-order valence-corrected chi connectivity index (χ0v) is 12.9. The molecule has 0 fully saturated rings. The summed E-state index contributed by atoms with van der Waals surface area (Å²) >= 11 is 5.99. The number of ether oxygens (including phenoxy) is 1. The van der Waals surface area contributed by atoms with Crippen LogP contribution in [0.25, 0.3) is 5.57 Å². The molecule has 2 unspecified atom stereocenters. The molecule has 0 aromatic heterocycles. The van der Waals surface area contributed by atoms with Gasteiger partial charge in [-0.1, -0.05) is 29.8 Å². The average molecular weight is 348 g/mol. The van der Waals surface area contributed by atoms with E-state index in [1.54, 1.807) is 24.3 Å². The van der Waals surface area contributed by atoms with E-state index in [9.17, 15) is 18.8 Å². The Morgan fingerprint density at radius 3 is 2.83 bits per heavy atom. The van der Waals surface area contributed by atoms with Crippen LogP contribution in [-0.4, -0.2) is 24.5 Å². The molecule has 0 N–H and O–H groups in total. The number of alkyl halides is 2. The second kappa shape index (κ2) is 6.56. The summed E-state index contributed by atoms with van der Waals surface area (Å²) in [5, 5.41) is 13.9. The highest BCUT2D eigenvalue weighted by Crippen LogP contribution is 2.36. The number of rotatable bonds is 3. The van der Waals surface area contributed by atoms with Gasteiger partial charge in [0.1, 0.15) is 6.10 Å². The van der Waals surface area contributed by atoms with E-state index in [-0.39, 0.29) is 5.57 Å². The lowest BCUT2D eigenvalue weighted by Gasteiger charge is -2.28. The molecule has 7 heteroatoms. The molecule has 0 spiro atoms. The number of hydrogen-bond acceptors (Lipinski definition) is 3. The number of ketones is 1. The maximum Gasteiger partial charge on any atom is 0.346 e. The normalized spacial score (nSPS) is 22.8. The highest BCUT2D eigenvalue weighted by atomic mass is 35.5. The van der Waals surface area contributed by atoms with Crippen molar-refractivity contribution in [2.45, 2.75) is 18.8 Å². The lowest BCUT2D eigenvalue weighted by molar-refractivity contribution is -0.162. The molecule has 0 bridgehead atoms. The van der Waals surface area contributed by atoms with Crippen molar-refractivity contribution in [1.29, 1.82) is 5.26 Å². The first-order chi connectivity index (χ1) is 11.5. The quantitative estimate of drug-likeness (QED) is 0.843. The number of hydrogen-bond donors (Lipinski definition) is 0. The molecular weight excluding hydrogens is 338 g/mol. The van der Waals surface area contributed by atoms with Crippen LogP contribution in [0.4, 0.5) is 8.78 Å². The summed E-state index contributed by atoms with van der Waals surface area (Å²) in [6.07, 6.45) is 2.74. The van der Waals surface area contributed by atoms with E-state index in [1.165, 1.54) is 18.4 Å². The van der Waals surface area contributed by atoms with Crippen molar-refractivity contribution >= 4 is 23.0 Å². The summed E-state index contributed by atoms with van der Waals surface area (Å²) in [6.45, 7) is -3.08. The molecule has 0 saturated carbocycles. The minimum absolute atomic E-state index is 0.159. The Morgan fingerprint density at radius 2 is 2.17 bits per heavy atom. The molecule has 1 aliphatic heterocycles. The molecule has 0 saturated heterocycles. The van der Waals surface area contributed by atoms with Crippen LogP contribution in [0.15, 0.2) is 53.8 Å². The van der Waals surface area contributed by atoms with E-state index in [4.69, 9.17) is 11.6 Å². The van der Waals surface area contributed by atoms with E-state index < -0.39 is 24.5 Å². The number of carbonyl (C=O) groups is 1. The van der Waals surface area contributed by atoms with Crippen LogP contribution in [0.1, 0.15) is 5.56 Å². The van der Waals surface area contributed by atoms with Gasteiger partial charge in [-0.2, -0.15) is 14.0 Å². The van der Waals surface area contributed by atoms with Crippen LogP contribution in [0, 0.1) is 11.3 Å². The first kappa shape index (κ1) is 16.4. The van der Waals surface area contributed by atoms with E-state index in [0.29, 0.717) is 21.7 Å². The fourth-order valence-corrected chi connectivity index (χ4v) is 2.87. The standard InChI is InChI=1S/C17H10ClF2N2O2/c18-11-3-1-2-9(6-11)14-12(7-21)22-8-10-4-5-13(24-17(19)20)16(23)15(10)14/h1-6,8,12-13,17H. The second-order valence-electron chi connectivity index (χ2n) is 5.10. The maximum absolute atomic E-state index is 12.6. The molecule has 1 radical (unpaired) electrons. The monoisotopic (exact) mass is 347 g/mol. The number of fused-ring (bicyclic) bond motifs is 1. The molecule has 1 heterocycles. The molecule has 1 aromatic carbocycles. The van der Waals surface area contributed by atoms with Crippen molar-refractivity contribution < 1.29 is 18.3 Å². The minimum Gasteiger partial charge on any atom is -0.307 e. The molecule has 2 aliphatic rings. The average Bonchev–Trinajstić information content (AvgIpc) is 2.56. The molecule has 24 heavy (non-hydrogen) atoms. The van der Waals surface area contributed by atoms with Gasteiger partial charge in [-0.15, -0.1) is 0 Å². The van der Waals surface area contributed by atoms with Gasteiger partial charge in [0.25, 0.3) is 0 Å². The Morgan fingerprint density at radius 1 is 1.38 bits per heavy atom. The SMILES string of the molecule is N#CC1[N]C=C2C=CC(OC(F)F)C(=O)C2=C1c1cccc(Cl)c1. The van der Waals surface area contributed by atoms with Gasteiger partial charge in [-0.25, -0.2) is 0 Å². The van der Waals surface area contributed by atoms with Crippen LogP contribution in [0.3, 0.4) is 0 Å². The van der Waals surface area contributed by atoms with E-state index in [0.717, 1.165) is 0 Å². The van der Waals surface area contributed by atoms with E-state index in [2.05, 4.69) is 10.1 Å². The van der Waals surface area contributed by atoms with Crippen molar-refractivity contribution in [2.75, 3.05) is 0 Å². The van der Waals surface area contributed by atoms with Crippen molar-refractivity contribution in [3.63, 3.8) is 0 Å². The molecule has 4 nitrogen and oxygen atoms in total. The molecule has 2 atom stereocenters. The third kappa shape index (κ3) is 2.96. The Balaban J connectivity index is 2.17. The summed E-state index contributed by atoms with van der Waals surface area (Å²) in [4.78, 5) is 12.6. The van der Waals surface area contributed by atoms with Gasteiger partial charge in [0.05, 0.1) is 6.07 Å². The summed E-state index contributed by atoms with van der Waals surface area (Å²) in [5.41, 5.74) is 1.50. The van der Waals surface area contributed by atoms with Crippen LogP contribution in [-0.2, 0) is 9.53 Å². The molecule has 121 valence electrons. The lowest BCUT2D eigenvalue weighted by atomic mass is 9.81. The summed E-state index contributed by atoms with van der Waals surface area (Å²) in [5.74, 6) is -0.630. The number of nitriles is 1. The Labute approximate surface area is 141 Å². The first-order valence-electron chi connectivity index (χ1n) is 6.97. The Bertz CT molecular complexity index is 824. The van der Waals surface area contributed by atoms with Crippen molar-refractivity contribution in [1.82, 2.24) is 5.32 Å². The van der Waals surface area contributed by atoms with Gasteiger partial charge < -0.3 is 4.74 Å². The fraction of sp³-hybridized carbons (Fsp3) is 0.176. The van der Waals surface area contributed by atoms with Gasteiger partial charge in [0, 0.05) is 27.9 Å². The van der Waals surface area contributed by atoms with Crippen molar-refractivity contribution in [2.24, 2.45) is 0 Å². The van der Waals surface area contributed by atoms with Gasteiger partial charge in [0.15, 0.2) is 11.8 Å². The zero-order chi connectivity index (χ0) is 17.3. The van der Waals surface area contributed by atoms with Crippen LogP contribution < -0.4 is 5.32 Å². The number of benzene rings is 1. The second-order valence-corrected chi connectivity index (χ2v) is 5.54. The number of nitrogens with zero attached hydrogens (tertiary/aromatic N) is 2. The maximum atomic E-state index is 12.6. The highest BCUT2D eigenvalue weighted by Gasteiger charge is 2.36. The number of allylic oxidation sites excluding steroid dienone is 2. The largest absolute Gasteiger partial charge is 0.346 e. The number of carbonyl (C=O) groups excluding carboxylic acids is 1. The first-order valence-corrected chi connectivity index (χ1v) is 7.35. The molecular formula is C17H10ClF2N2O2. The van der Waals surface area contributed by atoms with Crippen molar-refractivity contribution in [3.8, 4) is 6.07 Å². The third-order valence-electron chi connectivity index (χ3n) is 3.66. The number of Topliss-reactive ketones (excluding diaryl/α,β-unsaturated/α-hetero) is 1. The number of halogens is 3. The smallest absolute Gasteiger partial charge is 0.307 e. The third-order valence-corrected chi connectivity index (χ3v) is 3.89. The Kier molecular flexibility index (Phi) is 4.47. The predicted molar refractivity (Wildman–Crippen MR) is 83.0 cm³/mol. The van der Waals surface area contributed by atoms with Crippen LogP contribution in [0.2, 0.25) is 5.02 Å². The topological polar surface area (TPSA) is 64.2 Å². The molecule has 0 amide bonds. The van der Waals surface area contributed by atoms with Crippen molar-refractivity contribution in [3.05, 3.63) is 64.3 Å². The van der Waals surface area contributed by atoms with Gasteiger partial charge >= 0.3 is 6.61 Å². The molecule has 1 aromatic rings. The van der Waals surface area contributed by atoms with Gasteiger partial charge in [0.2, 0.25) is 0 Å². The zero-order valence-electron chi connectivity index (χ0n) is 12.1. The van der Waals surface area contributed by atoms with Gasteiger partial charge in [-0.3, -0.25) is 10.1 Å². The summed E-state index contributed by atoms with van der Waals surface area (Å²) < 4.78 is 29.4.